The minimum absolute atomic E-state index is 0.0157. The summed E-state index contributed by atoms with van der Waals surface area (Å²) in [5.41, 5.74) is 3.97. The van der Waals surface area contributed by atoms with Crippen molar-refractivity contribution in [3.8, 4) is 5.75 Å². The van der Waals surface area contributed by atoms with Gasteiger partial charge in [-0.05, 0) is 88.4 Å². The van der Waals surface area contributed by atoms with Crippen molar-refractivity contribution >= 4 is 17.6 Å². The van der Waals surface area contributed by atoms with Gasteiger partial charge in [0.1, 0.15) is 5.75 Å². The Labute approximate surface area is 246 Å². The van der Waals surface area contributed by atoms with Crippen LogP contribution in [0.1, 0.15) is 60.7 Å². The zero-order valence-corrected chi connectivity index (χ0v) is 25.1. The molecule has 0 spiro atoms. The second-order valence-corrected chi connectivity index (χ2v) is 11.7. The quantitative estimate of drug-likeness (QED) is 0.443. The van der Waals surface area contributed by atoms with Crippen LogP contribution in [-0.4, -0.2) is 83.8 Å². The van der Waals surface area contributed by atoms with Gasteiger partial charge in [0.25, 0.3) is 5.91 Å². The summed E-state index contributed by atoms with van der Waals surface area (Å²) < 4.78 is 41.4. The molecule has 0 bridgehead atoms. The van der Waals surface area contributed by atoms with E-state index in [-0.39, 0.29) is 29.3 Å². The lowest BCUT2D eigenvalue weighted by Crippen LogP contribution is -2.61. The number of likely N-dealkylation sites (tertiary alicyclic amines) is 1. The van der Waals surface area contributed by atoms with Gasteiger partial charge in [0.05, 0.1) is 0 Å². The number of aryl methyl sites for hydroxylation is 2. The van der Waals surface area contributed by atoms with Crippen LogP contribution in [-0.2, 0) is 6.54 Å². The van der Waals surface area contributed by atoms with E-state index >= 15 is 0 Å². The third kappa shape index (κ3) is 7.74. The largest absolute Gasteiger partial charge is 0.573 e. The van der Waals surface area contributed by atoms with Gasteiger partial charge in [-0.2, -0.15) is 0 Å². The SMILES string of the molecule is CCNC(=O)Nc1cc(C)c(C(=O)N2CCC(C)(N3CCN(Cc4ccc(OC(F)(F)F)cc4)[C@@H](C)C3)CC2)c(C)c1. The molecule has 2 heterocycles. The molecule has 2 aliphatic rings. The zero-order chi connectivity index (χ0) is 30.7. The summed E-state index contributed by atoms with van der Waals surface area (Å²) in [6, 6.07) is 9.78. The molecular formula is C31H42F3N5O3. The number of ether oxygens (including phenoxy) is 1. The number of nitrogens with zero attached hydrogens (tertiary/aromatic N) is 3. The number of piperidine rings is 1. The summed E-state index contributed by atoms with van der Waals surface area (Å²) in [4.78, 5) is 32.3. The van der Waals surface area contributed by atoms with Gasteiger partial charge in [0.2, 0.25) is 0 Å². The van der Waals surface area contributed by atoms with E-state index in [4.69, 9.17) is 0 Å². The average molecular weight is 590 g/mol. The van der Waals surface area contributed by atoms with Crippen LogP contribution < -0.4 is 15.4 Å². The number of rotatable bonds is 7. The summed E-state index contributed by atoms with van der Waals surface area (Å²) in [5, 5.41) is 5.53. The van der Waals surface area contributed by atoms with Crippen molar-refractivity contribution in [1.29, 1.82) is 0 Å². The fourth-order valence-electron chi connectivity index (χ4n) is 6.13. The molecule has 0 saturated carbocycles. The monoisotopic (exact) mass is 589 g/mol. The summed E-state index contributed by atoms with van der Waals surface area (Å²) >= 11 is 0. The predicted octanol–water partition coefficient (Wildman–Crippen LogP) is 5.54. The standard InChI is InChI=1S/C31H42F3N5O3/c1-6-35-29(41)36-25-17-21(2)27(22(3)18-25)28(40)37-13-11-30(5,12-14-37)39-16-15-38(23(4)19-39)20-24-7-9-26(10-8-24)42-31(32,33)34/h7-10,17-18,23H,6,11-16,19-20H2,1-5H3,(H2,35,36,41)/t23-/m0/s1. The van der Waals surface area contributed by atoms with Crippen LogP contribution in [0.5, 0.6) is 5.75 Å². The molecular weight excluding hydrogens is 547 g/mol. The fraction of sp³-hybridized carbons (Fsp3) is 0.548. The maximum absolute atomic E-state index is 13.6. The number of hydrogen-bond donors (Lipinski definition) is 2. The second-order valence-electron chi connectivity index (χ2n) is 11.7. The van der Waals surface area contributed by atoms with Crippen molar-refractivity contribution in [2.24, 2.45) is 0 Å². The molecule has 2 N–H and O–H groups in total. The highest BCUT2D eigenvalue weighted by molar-refractivity contribution is 5.98. The Hall–Kier alpha value is -3.31. The molecule has 0 radical (unpaired) electrons. The van der Waals surface area contributed by atoms with E-state index in [9.17, 15) is 22.8 Å². The number of amides is 3. The lowest BCUT2D eigenvalue weighted by Gasteiger charge is -2.51. The molecule has 42 heavy (non-hydrogen) atoms. The molecule has 2 aromatic carbocycles. The predicted molar refractivity (Wildman–Crippen MR) is 157 cm³/mol. The number of benzene rings is 2. The van der Waals surface area contributed by atoms with Crippen molar-refractivity contribution in [2.45, 2.75) is 71.9 Å². The highest BCUT2D eigenvalue weighted by Gasteiger charge is 2.40. The van der Waals surface area contributed by atoms with Crippen molar-refractivity contribution in [3.63, 3.8) is 0 Å². The number of anilines is 1. The van der Waals surface area contributed by atoms with E-state index in [1.807, 2.05) is 37.8 Å². The highest BCUT2D eigenvalue weighted by atomic mass is 19.4. The molecule has 0 aromatic heterocycles. The van der Waals surface area contributed by atoms with E-state index in [0.29, 0.717) is 37.4 Å². The third-order valence-electron chi connectivity index (χ3n) is 8.54. The minimum atomic E-state index is -4.69. The number of piperazine rings is 1. The van der Waals surface area contributed by atoms with Crippen molar-refractivity contribution in [2.75, 3.05) is 44.6 Å². The average Bonchev–Trinajstić information content (AvgIpc) is 2.90. The molecule has 0 aliphatic carbocycles. The Kier molecular flexibility index (Phi) is 9.72. The number of halogens is 3. The van der Waals surface area contributed by atoms with Crippen LogP contribution in [0.15, 0.2) is 36.4 Å². The molecule has 4 rings (SSSR count). The van der Waals surface area contributed by atoms with Crippen LogP contribution in [0.3, 0.4) is 0 Å². The number of alkyl halides is 3. The van der Waals surface area contributed by atoms with Gasteiger partial charge < -0.3 is 20.3 Å². The van der Waals surface area contributed by atoms with Crippen molar-refractivity contribution < 1.29 is 27.5 Å². The lowest BCUT2D eigenvalue weighted by atomic mass is 9.86. The first-order valence-corrected chi connectivity index (χ1v) is 14.6. The summed E-state index contributed by atoms with van der Waals surface area (Å²) in [5.74, 6) is -0.181. The van der Waals surface area contributed by atoms with E-state index in [0.717, 1.165) is 49.2 Å². The topological polar surface area (TPSA) is 77.2 Å². The van der Waals surface area contributed by atoms with Crippen LogP contribution in [0.4, 0.5) is 23.7 Å². The molecule has 1 atom stereocenters. The molecule has 11 heteroatoms. The number of carbonyl (C=O) groups excluding carboxylic acids is 2. The van der Waals surface area contributed by atoms with Crippen LogP contribution >= 0.6 is 0 Å². The molecule has 3 amide bonds. The van der Waals surface area contributed by atoms with Gasteiger partial charge in [0.15, 0.2) is 0 Å². The smallest absolute Gasteiger partial charge is 0.406 e. The van der Waals surface area contributed by atoms with E-state index in [1.54, 1.807) is 12.1 Å². The third-order valence-corrected chi connectivity index (χ3v) is 8.54. The van der Waals surface area contributed by atoms with Gasteiger partial charge in [-0.25, -0.2) is 4.79 Å². The first-order chi connectivity index (χ1) is 19.8. The molecule has 2 aromatic rings. The van der Waals surface area contributed by atoms with E-state index < -0.39 is 6.36 Å². The van der Waals surface area contributed by atoms with Crippen LogP contribution in [0, 0.1) is 13.8 Å². The molecule has 2 fully saturated rings. The van der Waals surface area contributed by atoms with Crippen molar-refractivity contribution in [3.05, 3.63) is 58.7 Å². The molecule has 2 saturated heterocycles. The Morgan fingerprint density at radius 1 is 1.02 bits per heavy atom. The number of hydrogen-bond acceptors (Lipinski definition) is 5. The Morgan fingerprint density at radius 2 is 1.64 bits per heavy atom. The van der Waals surface area contributed by atoms with Crippen molar-refractivity contribution in [1.82, 2.24) is 20.0 Å². The first-order valence-electron chi connectivity index (χ1n) is 14.6. The molecule has 8 nitrogen and oxygen atoms in total. The molecule has 230 valence electrons. The van der Waals surface area contributed by atoms with Gasteiger partial charge in [-0.3, -0.25) is 14.6 Å². The van der Waals surface area contributed by atoms with Gasteiger partial charge >= 0.3 is 12.4 Å². The lowest BCUT2D eigenvalue weighted by molar-refractivity contribution is -0.274. The van der Waals surface area contributed by atoms with Gasteiger partial charge in [-0.15, -0.1) is 13.2 Å². The second kappa shape index (κ2) is 12.9. The summed E-state index contributed by atoms with van der Waals surface area (Å²) in [6.07, 6.45) is -2.94. The van der Waals surface area contributed by atoms with Crippen LogP contribution in [0.25, 0.3) is 0 Å². The summed E-state index contributed by atoms with van der Waals surface area (Å²) in [6.45, 7) is 15.3. The first kappa shape index (κ1) is 31.6. The van der Waals surface area contributed by atoms with E-state index in [2.05, 4.69) is 39.0 Å². The fourth-order valence-corrected chi connectivity index (χ4v) is 6.13. The number of urea groups is 1. The number of nitrogens with one attached hydrogen (secondary N) is 2. The highest BCUT2D eigenvalue weighted by Crippen LogP contribution is 2.33. The maximum Gasteiger partial charge on any atom is 0.573 e. The van der Waals surface area contributed by atoms with Gasteiger partial charge in [-0.1, -0.05) is 12.1 Å². The summed E-state index contributed by atoms with van der Waals surface area (Å²) in [7, 11) is 0. The molecule has 2 aliphatic heterocycles. The Bertz CT molecular complexity index is 1240. The minimum Gasteiger partial charge on any atom is -0.406 e. The number of carbonyl (C=O) groups is 2. The van der Waals surface area contributed by atoms with Gasteiger partial charge in [0, 0.05) is 68.6 Å². The Balaban J connectivity index is 1.31. The van der Waals surface area contributed by atoms with Crippen LogP contribution in [0.2, 0.25) is 0 Å². The normalized spacial score (nSPS) is 19.8. The maximum atomic E-state index is 13.6. The zero-order valence-electron chi connectivity index (χ0n) is 25.1. The Morgan fingerprint density at radius 3 is 2.19 bits per heavy atom. The van der Waals surface area contributed by atoms with E-state index in [1.165, 1.54) is 12.1 Å². The molecule has 0 unspecified atom stereocenters.